The van der Waals surface area contributed by atoms with Gasteiger partial charge in [-0.15, -0.1) is 0 Å². The topological polar surface area (TPSA) is 87.9 Å². The van der Waals surface area contributed by atoms with E-state index in [1.165, 1.54) is 0 Å². The van der Waals surface area contributed by atoms with Gasteiger partial charge in [-0.05, 0) is 18.9 Å². The van der Waals surface area contributed by atoms with Gasteiger partial charge in [0.05, 0.1) is 17.3 Å². The summed E-state index contributed by atoms with van der Waals surface area (Å²) in [6, 6.07) is 5.68. The predicted molar refractivity (Wildman–Crippen MR) is 92.4 cm³/mol. The Kier molecular flexibility index (Phi) is 3.99. The van der Waals surface area contributed by atoms with Crippen molar-refractivity contribution in [2.24, 2.45) is 0 Å². The van der Waals surface area contributed by atoms with E-state index in [2.05, 4.69) is 20.3 Å². The van der Waals surface area contributed by atoms with Crippen LogP contribution in [0.25, 0.3) is 10.9 Å². The summed E-state index contributed by atoms with van der Waals surface area (Å²) in [6.45, 7) is 5.41. The van der Waals surface area contributed by atoms with Crippen LogP contribution >= 0.6 is 0 Å². The Hall–Kier alpha value is -2.70. The van der Waals surface area contributed by atoms with Crippen molar-refractivity contribution in [3.63, 3.8) is 0 Å². The second-order valence-corrected chi connectivity index (χ2v) is 6.88. The number of para-hydroxylation sites is 1. The number of carbonyl (C=O) groups excluding carboxylic acids is 1. The molecule has 1 saturated heterocycles. The zero-order valence-electron chi connectivity index (χ0n) is 14.4. The summed E-state index contributed by atoms with van der Waals surface area (Å²) in [6.07, 6.45) is 3.63. The first-order chi connectivity index (χ1) is 12.1. The molecule has 1 unspecified atom stereocenters. The maximum Gasteiger partial charge on any atom is 0.256 e. The Morgan fingerprint density at radius 2 is 2.28 bits per heavy atom. The van der Waals surface area contributed by atoms with Crippen LogP contribution < -0.4 is 0 Å². The Morgan fingerprint density at radius 1 is 1.40 bits per heavy atom. The van der Waals surface area contributed by atoms with Gasteiger partial charge in [-0.1, -0.05) is 31.1 Å². The Labute approximate surface area is 145 Å². The fourth-order valence-corrected chi connectivity index (χ4v) is 3.34. The number of rotatable bonds is 3. The Bertz CT molecular complexity index is 898. The lowest BCUT2D eigenvalue weighted by Crippen LogP contribution is -2.39. The first-order valence-electron chi connectivity index (χ1n) is 8.68. The molecule has 3 heterocycles. The highest BCUT2D eigenvalue weighted by Gasteiger charge is 2.29. The molecule has 3 aromatic rings. The SMILES string of the molecule is CC(C)c1nc(C2CCCN(C(=O)c3cccc4cn[nH]c34)C2)no1. The molecule has 0 saturated carbocycles. The summed E-state index contributed by atoms with van der Waals surface area (Å²) < 4.78 is 5.33. The standard InChI is InChI=1S/C18H21N5O2/c1-11(2)17-20-16(22-25-17)13-6-4-8-23(10-13)18(24)14-7-3-5-12-9-19-21-15(12)14/h3,5,7,9,11,13H,4,6,8,10H2,1-2H3,(H,19,21). The summed E-state index contributed by atoms with van der Waals surface area (Å²) in [5.41, 5.74) is 1.45. The van der Waals surface area contributed by atoms with Crippen molar-refractivity contribution in [2.45, 2.75) is 38.5 Å². The van der Waals surface area contributed by atoms with Gasteiger partial charge in [0.25, 0.3) is 5.91 Å². The molecule has 1 atom stereocenters. The number of likely N-dealkylation sites (tertiary alicyclic amines) is 1. The fourth-order valence-electron chi connectivity index (χ4n) is 3.34. The van der Waals surface area contributed by atoms with Crippen LogP contribution in [0.1, 0.15) is 60.6 Å². The summed E-state index contributed by atoms with van der Waals surface area (Å²) in [5.74, 6) is 1.71. The molecule has 7 heteroatoms. The molecule has 7 nitrogen and oxygen atoms in total. The molecular formula is C18H21N5O2. The van der Waals surface area contributed by atoms with Crippen molar-refractivity contribution in [1.82, 2.24) is 25.2 Å². The van der Waals surface area contributed by atoms with Crippen LogP contribution in [0.3, 0.4) is 0 Å². The van der Waals surface area contributed by atoms with E-state index in [9.17, 15) is 4.79 Å². The van der Waals surface area contributed by atoms with Crippen LogP contribution in [-0.2, 0) is 0 Å². The second-order valence-electron chi connectivity index (χ2n) is 6.88. The average Bonchev–Trinajstić information content (AvgIpc) is 3.30. The van der Waals surface area contributed by atoms with Crippen molar-refractivity contribution < 1.29 is 9.32 Å². The molecule has 1 aliphatic rings. The molecule has 0 spiro atoms. The van der Waals surface area contributed by atoms with E-state index in [0.29, 0.717) is 23.8 Å². The summed E-state index contributed by atoms with van der Waals surface area (Å²) in [5, 5.41) is 12.0. The maximum atomic E-state index is 13.0. The third kappa shape index (κ3) is 2.90. The van der Waals surface area contributed by atoms with E-state index in [4.69, 9.17) is 4.52 Å². The van der Waals surface area contributed by atoms with Gasteiger partial charge in [0.15, 0.2) is 5.82 Å². The third-order valence-corrected chi connectivity index (χ3v) is 4.73. The minimum Gasteiger partial charge on any atom is -0.339 e. The highest BCUT2D eigenvalue weighted by Crippen LogP contribution is 2.28. The monoisotopic (exact) mass is 339 g/mol. The third-order valence-electron chi connectivity index (χ3n) is 4.73. The smallest absolute Gasteiger partial charge is 0.256 e. The number of hydrogen-bond acceptors (Lipinski definition) is 5. The van der Waals surface area contributed by atoms with Gasteiger partial charge < -0.3 is 9.42 Å². The van der Waals surface area contributed by atoms with Crippen molar-refractivity contribution >= 4 is 16.8 Å². The van der Waals surface area contributed by atoms with Gasteiger partial charge in [-0.25, -0.2) is 0 Å². The molecule has 1 fully saturated rings. The fraction of sp³-hybridized carbons (Fsp3) is 0.444. The molecule has 25 heavy (non-hydrogen) atoms. The van der Waals surface area contributed by atoms with Crippen molar-refractivity contribution in [3.8, 4) is 0 Å². The van der Waals surface area contributed by atoms with Crippen molar-refractivity contribution in [1.29, 1.82) is 0 Å². The quantitative estimate of drug-likeness (QED) is 0.792. The van der Waals surface area contributed by atoms with Gasteiger partial charge in [-0.3, -0.25) is 9.89 Å². The lowest BCUT2D eigenvalue weighted by molar-refractivity contribution is 0.0705. The molecular weight excluding hydrogens is 318 g/mol. The first kappa shape index (κ1) is 15.8. The number of H-pyrrole nitrogens is 1. The van der Waals surface area contributed by atoms with Gasteiger partial charge in [-0.2, -0.15) is 10.1 Å². The largest absolute Gasteiger partial charge is 0.339 e. The number of piperidine rings is 1. The Balaban J connectivity index is 1.56. The maximum absolute atomic E-state index is 13.0. The number of fused-ring (bicyclic) bond motifs is 1. The Morgan fingerprint density at radius 3 is 3.08 bits per heavy atom. The molecule has 1 N–H and O–H groups in total. The average molecular weight is 339 g/mol. The molecule has 1 amide bonds. The normalized spacial score (nSPS) is 18.2. The van der Waals surface area contributed by atoms with Crippen LogP contribution in [0, 0.1) is 0 Å². The molecule has 1 aromatic carbocycles. The van der Waals surface area contributed by atoms with E-state index >= 15 is 0 Å². The van der Waals surface area contributed by atoms with Gasteiger partial charge in [0.1, 0.15) is 0 Å². The number of aromatic amines is 1. The first-order valence-corrected chi connectivity index (χ1v) is 8.68. The number of nitrogens with zero attached hydrogens (tertiary/aromatic N) is 4. The molecule has 4 rings (SSSR count). The number of benzene rings is 1. The summed E-state index contributed by atoms with van der Waals surface area (Å²) >= 11 is 0. The van der Waals surface area contributed by atoms with E-state index in [0.717, 1.165) is 30.3 Å². The van der Waals surface area contributed by atoms with Crippen LogP contribution in [0.5, 0.6) is 0 Å². The molecule has 0 aliphatic carbocycles. The number of hydrogen-bond donors (Lipinski definition) is 1. The zero-order valence-corrected chi connectivity index (χ0v) is 14.4. The van der Waals surface area contributed by atoms with Gasteiger partial charge >= 0.3 is 0 Å². The van der Waals surface area contributed by atoms with Crippen LogP contribution in [-0.4, -0.2) is 44.2 Å². The number of nitrogens with one attached hydrogen (secondary N) is 1. The van der Waals surface area contributed by atoms with Crippen LogP contribution in [0.2, 0.25) is 0 Å². The predicted octanol–water partition coefficient (Wildman–Crippen LogP) is 3.09. The number of amides is 1. The van der Waals surface area contributed by atoms with Gasteiger partial charge in [0, 0.05) is 30.3 Å². The number of aromatic nitrogens is 4. The van der Waals surface area contributed by atoms with Crippen molar-refractivity contribution in [3.05, 3.63) is 41.7 Å². The van der Waals surface area contributed by atoms with Crippen LogP contribution in [0.4, 0.5) is 0 Å². The summed E-state index contributed by atoms with van der Waals surface area (Å²) in [4.78, 5) is 19.4. The summed E-state index contributed by atoms with van der Waals surface area (Å²) in [7, 11) is 0. The minimum atomic E-state index is 0.0205. The lowest BCUT2D eigenvalue weighted by atomic mass is 9.96. The highest BCUT2D eigenvalue weighted by atomic mass is 16.5. The molecule has 1 aliphatic heterocycles. The highest BCUT2D eigenvalue weighted by molar-refractivity contribution is 6.05. The van der Waals surface area contributed by atoms with Gasteiger partial charge in [0.2, 0.25) is 5.89 Å². The van der Waals surface area contributed by atoms with E-state index in [1.54, 1.807) is 6.20 Å². The van der Waals surface area contributed by atoms with Crippen LogP contribution in [0.15, 0.2) is 28.9 Å². The van der Waals surface area contributed by atoms with E-state index in [1.807, 2.05) is 36.9 Å². The zero-order chi connectivity index (χ0) is 17.4. The van der Waals surface area contributed by atoms with E-state index in [-0.39, 0.29) is 17.7 Å². The van der Waals surface area contributed by atoms with E-state index < -0.39 is 0 Å². The number of carbonyl (C=O) groups is 1. The molecule has 2 aromatic heterocycles. The minimum absolute atomic E-state index is 0.0205. The second kappa shape index (κ2) is 6.31. The van der Waals surface area contributed by atoms with Crippen molar-refractivity contribution in [2.75, 3.05) is 13.1 Å². The lowest BCUT2D eigenvalue weighted by Gasteiger charge is -2.31. The molecule has 0 bridgehead atoms. The molecule has 130 valence electrons. The molecule has 0 radical (unpaired) electrons.